The SMILES string of the molecule is ClCc1c(OCCc2ccncc2)ccc2ccccc12. The smallest absolute Gasteiger partial charge is 0.124 e. The Labute approximate surface area is 129 Å². The lowest BCUT2D eigenvalue weighted by Gasteiger charge is -2.12. The van der Waals surface area contributed by atoms with Crippen molar-refractivity contribution in [3.8, 4) is 5.75 Å². The first kappa shape index (κ1) is 13.9. The summed E-state index contributed by atoms with van der Waals surface area (Å²) in [5.74, 6) is 1.32. The van der Waals surface area contributed by atoms with Crippen molar-refractivity contribution < 1.29 is 4.74 Å². The molecule has 0 aliphatic carbocycles. The number of hydrogen-bond acceptors (Lipinski definition) is 2. The molecule has 0 atom stereocenters. The highest BCUT2D eigenvalue weighted by Crippen LogP contribution is 2.29. The van der Waals surface area contributed by atoms with Gasteiger partial charge in [0.1, 0.15) is 5.75 Å². The number of hydrogen-bond donors (Lipinski definition) is 0. The predicted octanol–water partition coefficient (Wildman–Crippen LogP) is 4.60. The normalized spacial score (nSPS) is 10.7. The van der Waals surface area contributed by atoms with Crippen LogP contribution in [0, 0.1) is 0 Å². The molecular weight excluding hydrogens is 282 g/mol. The summed E-state index contributed by atoms with van der Waals surface area (Å²) in [5.41, 5.74) is 2.28. The number of fused-ring (bicyclic) bond motifs is 1. The van der Waals surface area contributed by atoms with E-state index in [0.717, 1.165) is 23.1 Å². The Kier molecular flexibility index (Phi) is 4.37. The minimum Gasteiger partial charge on any atom is -0.493 e. The second kappa shape index (κ2) is 6.59. The van der Waals surface area contributed by atoms with Gasteiger partial charge in [-0.15, -0.1) is 11.6 Å². The van der Waals surface area contributed by atoms with Crippen LogP contribution in [-0.4, -0.2) is 11.6 Å². The van der Waals surface area contributed by atoms with E-state index in [2.05, 4.69) is 23.2 Å². The number of benzene rings is 2. The third-order valence-corrected chi connectivity index (χ3v) is 3.80. The van der Waals surface area contributed by atoms with Crippen molar-refractivity contribution in [2.75, 3.05) is 6.61 Å². The summed E-state index contributed by atoms with van der Waals surface area (Å²) in [6.07, 6.45) is 4.46. The molecule has 2 nitrogen and oxygen atoms in total. The lowest BCUT2D eigenvalue weighted by atomic mass is 10.0. The number of alkyl halides is 1. The van der Waals surface area contributed by atoms with Crippen LogP contribution in [0.25, 0.3) is 10.8 Å². The van der Waals surface area contributed by atoms with Crippen molar-refractivity contribution in [2.45, 2.75) is 12.3 Å². The molecule has 106 valence electrons. The molecule has 0 fully saturated rings. The Morgan fingerprint density at radius 2 is 1.76 bits per heavy atom. The maximum atomic E-state index is 6.12. The van der Waals surface area contributed by atoms with Crippen molar-refractivity contribution in [1.82, 2.24) is 4.98 Å². The number of pyridine rings is 1. The molecule has 3 aromatic rings. The third kappa shape index (κ3) is 3.17. The first-order chi connectivity index (χ1) is 10.4. The number of nitrogens with zero attached hydrogens (tertiary/aromatic N) is 1. The zero-order chi connectivity index (χ0) is 14.5. The highest BCUT2D eigenvalue weighted by atomic mass is 35.5. The molecule has 0 spiro atoms. The highest BCUT2D eigenvalue weighted by molar-refractivity contribution is 6.18. The summed E-state index contributed by atoms with van der Waals surface area (Å²) >= 11 is 6.12. The van der Waals surface area contributed by atoms with Crippen molar-refractivity contribution in [2.24, 2.45) is 0 Å². The van der Waals surface area contributed by atoms with E-state index in [1.54, 1.807) is 12.4 Å². The zero-order valence-electron chi connectivity index (χ0n) is 11.6. The molecule has 0 bridgehead atoms. The molecule has 0 radical (unpaired) electrons. The Hall–Kier alpha value is -2.06. The van der Waals surface area contributed by atoms with Crippen LogP contribution in [0.3, 0.4) is 0 Å². The van der Waals surface area contributed by atoms with Crippen LogP contribution in [-0.2, 0) is 12.3 Å². The van der Waals surface area contributed by atoms with Gasteiger partial charge < -0.3 is 4.74 Å². The van der Waals surface area contributed by atoms with Gasteiger partial charge in [-0.3, -0.25) is 4.98 Å². The first-order valence-corrected chi connectivity index (χ1v) is 7.50. The molecule has 2 aromatic carbocycles. The van der Waals surface area contributed by atoms with Gasteiger partial charge in [0.25, 0.3) is 0 Å². The second-order valence-corrected chi connectivity index (χ2v) is 5.12. The average molecular weight is 298 g/mol. The third-order valence-electron chi connectivity index (χ3n) is 3.53. The molecule has 0 amide bonds. The summed E-state index contributed by atoms with van der Waals surface area (Å²) in [6, 6.07) is 16.3. The summed E-state index contributed by atoms with van der Waals surface area (Å²) in [6.45, 7) is 0.631. The first-order valence-electron chi connectivity index (χ1n) is 6.97. The van der Waals surface area contributed by atoms with Crippen LogP contribution in [0.1, 0.15) is 11.1 Å². The van der Waals surface area contributed by atoms with Gasteiger partial charge in [0.05, 0.1) is 12.5 Å². The lowest BCUT2D eigenvalue weighted by molar-refractivity contribution is 0.320. The summed E-state index contributed by atoms with van der Waals surface area (Å²) in [5, 5.41) is 2.35. The van der Waals surface area contributed by atoms with Gasteiger partial charge in [-0.05, 0) is 34.5 Å². The molecule has 1 heterocycles. The van der Waals surface area contributed by atoms with Crippen LogP contribution < -0.4 is 4.74 Å². The van der Waals surface area contributed by atoms with E-state index >= 15 is 0 Å². The number of ether oxygens (including phenoxy) is 1. The van der Waals surface area contributed by atoms with Gasteiger partial charge in [0.2, 0.25) is 0 Å². The van der Waals surface area contributed by atoms with E-state index < -0.39 is 0 Å². The number of halogens is 1. The molecule has 0 saturated carbocycles. The largest absolute Gasteiger partial charge is 0.493 e. The molecule has 3 rings (SSSR count). The zero-order valence-corrected chi connectivity index (χ0v) is 12.4. The standard InChI is InChI=1S/C18H16ClNO/c19-13-17-16-4-2-1-3-15(16)5-6-18(17)21-12-9-14-7-10-20-11-8-14/h1-8,10-11H,9,12-13H2. The topological polar surface area (TPSA) is 22.1 Å². The minimum absolute atomic E-state index is 0.450. The predicted molar refractivity (Wildman–Crippen MR) is 86.9 cm³/mol. The van der Waals surface area contributed by atoms with E-state index in [0.29, 0.717) is 12.5 Å². The number of rotatable bonds is 5. The van der Waals surface area contributed by atoms with Gasteiger partial charge in [-0.25, -0.2) is 0 Å². The maximum absolute atomic E-state index is 6.12. The van der Waals surface area contributed by atoms with Crippen LogP contribution in [0.5, 0.6) is 5.75 Å². The van der Waals surface area contributed by atoms with Crippen LogP contribution in [0.15, 0.2) is 60.9 Å². The number of aromatic nitrogens is 1. The minimum atomic E-state index is 0.450. The summed E-state index contributed by atoms with van der Waals surface area (Å²) in [4.78, 5) is 4.01. The van der Waals surface area contributed by atoms with E-state index in [1.165, 1.54) is 10.9 Å². The van der Waals surface area contributed by atoms with Crippen LogP contribution >= 0.6 is 11.6 Å². The molecule has 0 N–H and O–H groups in total. The fourth-order valence-electron chi connectivity index (χ4n) is 2.42. The van der Waals surface area contributed by atoms with Crippen LogP contribution in [0.4, 0.5) is 0 Å². The molecule has 1 aromatic heterocycles. The van der Waals surface area contributed by atoms with E-state index in [4.69, 9.17) is 16.3 Å². The average Bonchev–Trinajstić information content (AvgIpc) is 2.55. The highest BCUT2D eigenvalue weighted by Gasteiger charge is 2.07. The van der Waals surface area contributed by atoms with Gasteiger partial charge in [-0.1, -0.05) is 30.3 Å². The van der Waals surface area contributed by atoms with Gasteiger partial charge in [0, 0.05) is 24.4 Å². The molecule has 3 heteroatoms. The van der Waals surface area contributed by atoms with E-state index in [9.17, 15) is 0 Å². The molecular formula is C18H16ClNO. The molecule has 0 aliphatic heterocycles. The Balaban J connectivity index is 1.77. The Bertz CT molecular complexity index is 728. The van der Waals surface area contributed by atoms with E-state index in [-0.39, 0.29) is 0 Å². The van der Waals surface area contributed by atoms with Crippen molar-refractivity contribution in [3.63, 3.8) is 0 Å². The molecule has 0 aliphatic rings. The maximum Gasteiger partial charge on any atom is 0.124 e. The second-order valence-electron chi connectivity index (χ2n) is 4.85. The molecule has 0 saturated heterocycles. The fourth-order valence-corrected chi connectivity index (χ4v) is 2.69. The summed E-state index contributed by atoms with van der Waals surface area (Å²) in [7, 11) is 0. The van der Waals surface area contributed by atoms with Crippen molar-refractivity contribution >= 4 is 22.4 Å². The fraction of sp³-hybridized carbons (Fsp3) is 0.167. The van der Waals surface area contributed by atoms with E-state index in [1.807, 2.05) is 30.3 Å². The van der Waals surface area contributed by atoms with Gasteiger partial charge in [0.15, 0.2) is 0 Å². The summed E-state index contributed by atoms with van der Waals surface area (Å²) < 4.78 is 5.94. The Morgan fingerprint density at radius 1 is 0.952 bits per heavy atom. The molecule has 21 heavy (non-hydrogen) atoms. The van der Waals surface area contributed by atoms with Gasteiger partial charge in [-0.2, -0.15) is 0 Å². The quantitative estimate of drug-likeness (QED) is 0.642. The Morgan fingerprint density at radius 3 is 2.57 bits per heavy atom. The lowest BCUT2D eigenvalue weighted by Crippen LogP contribution is -2.03. The van der Waals surface area contributed by atoms with Crippen LogP contribution in [0.2, 0.25) is 0 Å². The monoisotopic (exact) mass is 297 g/mol. The van der Waals surface area contributed by atoms with Gasteiger partial charge >= 0.3 is 0 Å². The van der Waals surface area contributed by atoms with Crippen molar-refractivity contribution in [3.05, 3.63) is 72.1 Å². The van der Waals surface area contributed by atoms with Crippen molar-refractivity contribution in [1.29, 1.82) is 0 Å². The molecule has 0 unspecified atom stereocenters.